The number of aromatic nitrogens is 3. The highest BCUT2D eigenvalue weighted by molar-refractivity contribution is 7.99. The van der Waals surface area contributed by atoms with Crippen LogP contribution in [-0.2, 0) is 4.79 Å². The van der Waals surface area contributed by atoms with E-state index >= 15 is 0 Å². The van der Waals surface area contributed by atoms with Crippen LogP contribution in [0.2, 0.25) is 5.02 Å². The molecule has 0 fully saturated rings. The minimum Gasteiger partial charge on any atom is -0.447 e. The number of thioether (sulfide) groups is 1. The van der Waals surface area contributed by atoms with Crippen LogP contribution in [0.4, 0.5) is 5.69 Å². The van der Waals surface area contributed by atoms with E-state index in [2.05, 4.69) is 22.1 Å². The second-order valence-corrected chi connectivity index (χ2v) is 8.38. The summed E-state index contributed by atoms with van der Waals surface area (Å²) in [6.45, 7) is 3.66. The Hall–Kier alpha value is -2.64. The Bertz CT molecular complexity index is 1060. The molecule has 1 aliphatic heterocycles. The molecule has 0 bridgehead atoms. The summed E-state index contributed by atoms with van der Waals surface area (Å²) in [5.41, 5.74) is 2.76. The number of unbranched alkanes of at least 4 members (excludes halogenated alkanes) is 1. The summed E-state index contributed by atoms with van der Waals surface area (Å²) in [4.78, 5) is 19.0. The number of hydrogen-bond acceptors (Lipinski definition) is 6. The Morgan fingerprint density at radius 1 is 1.17 bits per heavy atom. The van der Waals surface area contributed by atoms with E-state index in [1.165, 1.54) is 6.92 Å². The van der Waals surface area contributed by atoms with E-state index in [-0.39, 0.29) is 5.91 Å². The fraction of sp³-hybridized carbons (Fsp3) is 0.273. The second kappa shape index (κ2) is 9.02. The van der Waals surface area contributed by atoms with Crippen LogP contribution in [0.15, 0.2) is 53.7 Å². The quantitative estimate of drug-likeness (QED) is 0.384. The summed E-state index contributed by atoms with van der Waals surface area (Å²) in [6.07, 6.45) is 1.47. The van der Waals surface area contributed by atoms with E-state index in [0.717, 1.165) is 29.7 Å². The third kappa shape index (κ3) is 4.13. The highest BCUT2D eigenvalue weighted by Crippen LogP contribution is 2.43. The third-order valence-corrected chi connectivity index (χ3v) is 5.91. The summed E-state index contributed by atoms with van der Waals surface area (Å²) in [5, 5.41) is 9.88. The predicted octanol–water partition coefficient (Wildman–Crippen LogP) is 5.53. The average Bonchev–Trinajstić information content (AvgIpc) is 2.89. The molecule has 0 saturated carbocycles. The minimum atomic E-state index is -0.702. The Labute approximate surface area is 184 Å². The lowest BCUT2D eigenvalue weighted by Gasteiger charge is -2.29. The second-order valence-electron chi connectivity index (χ2n) is 6.88. The molecule has 154 valence electrons. The molecule has 2 heterocycles. The van der Waals surface area contributed by atoms with Crippen molar-refractivity contribution in [3.05, 3.63) is 59.1 Å². The smallest absolute Gasteiger partial charge is 0.247 e. The summed E-state index contributed by atoms with van der Waals surface area (Å²) < 4.78 is 6.32. The number of benzene rings is 2. The zero-order chi connectivity index (χ0) is 21.1. The molecule has 1 aliphatic rings. The van der Waals surface area contributed by atoms with Crippen molar-refractivity contribution in [1.29, 1.82) is 0 Å². The largest absolute Gasteiger partial charge is 0.447 e. The van der Waals surface area contributed by atoms with Crippen LogP contribution in [0.5, 0.6) is 5.88 Å². The van der Waals surface area contributed by atoms with E-state index < -0.39 is 6.23 Å². The van der Waals surface area contributed by atoms with Crippen molar-refractivity contribution >= 4 is 35.0 Å². The number of carbonyl (C=O) groups is 1. The van der Waals surface area contributed by atoms with Gasteiger partial charge >= 0.3 is 0 Å². The van der Waals surface area contributed by atoms with Crippen molar-refractivity contribution in [2.24, 2.45) is 0 Å². The molecule has 0 saturated heterocycles. The predicted molar refractivity (Wildman–Crippen MR) is 119 cm³/mol. The van der Waals surface area contributed by atoms with Gasteiger partial charge in [-0.25, -0.2) is 0 Å². The third-order valence-electron chi connectivity index (χ3n) is 4.74. The van der Waals surface area contributed by atoms with Gasteiger partial charge < -0.3 is 4.74 Å². The number of hydrogen-bond donors (Lipinski definition) is 0. The Kier molecular flexibility index (Phi) is 6.20. The van der Waals surface area contributed by atoms with E-state index in [1.54, 1.807) is 28.8 Å². The van der Waals surface area contributed by atoms with Crippen molar-refractivity contribution < 1.29 is 9.53 Å². The van der Waals surface area contributed by atoms with Crippen molar-refractivity contribution in [3.63, 3.8) is 0 Å². The van der Waals surface area contributed by atoms with Crippen molar-refractivity contribution in [1.82, 2.24) is 15.2 Å². The number of nitrogens with zero attached hydrogens (tertiary/aromatic N) is 4. The Balaban J connectivity index is 1.84. The molecule has 6 nitrogen and oxygen atoms in total. The molecule has 0 unspecified atom stereocenters. The number of carbonyl (C=O) groups excluding carboxylic acids is 1. The van der Waals surface area contributed by atoms with Crippen LogP contribution in [0.3, 0.4) is 0 Å². The monoisotopic (exact) mass is 440 g/mol. The van der Waals surface area contributed by atoms with Crippen LogP contribution < -0.4 is 9.64 Å². The van der Waals surface area contributed by atoms with Crippen LogP contribution in [0, 0.1) is 0 Å². The SMILES string of the molecule is CCCCSc1nnc2c(n1)O[C@@H](c1ccc(Cl)cc1)N(C(C)=O)c1ccccc1-2. The fourth-order valence-electron chi connectivity index (χ4n) is 3.27. The molecule has 3 aromatic rings. The average molecular weight is 441 g/mol. The number of amides is 1. The fourth-order valence-corrected chi connectivity index (χ4v) is 4.25. The molecule has 30 heavy (non-hydrogen) atoms. The Morgan fingerprint density at radius 2 is 1.93 bits per heavy atom. The van der Waals surface area contributed by atoms with Gasteiger partial charge in [-0.3, -0.25) is 9.69 Å². The summed E-state index contributed by atoms with van der Waals surface area (Å²) >= 11 is 7.62. The van der Waals surface area contributed by atoms with Gasteiger partial charge in [0.1, 0.15) is 0 Å². The first-order valence-electron chi connectivity index (χ1n) is 9.77. The first-order chi connectivity index (χ1) is 14.6. The Morgan fingerprint density at radius 3 is 2.67 bits per heavy atom. The number of fused-ring (bicyclic) bond motifs is 3. The van der Waals surface area contributed by atoms with Gasteiger partial charge in [-0.2, -0.15) is 4.98 Å². The van der Waals surface area contributed by atoms with Crippen molar-refractivity contribution in [2.45, 2.75) is 38.1 Å². The zero-order valence-corrected chi connectivity index (χ0v) is 18.3. The molecular formula is C22H21ClN4O2S. The maximum atomic E-state index is 12.7. The van der Waals surface area contributed by atoms with Gasteiger partial charge in [-0.1, -0.05) is 67.0 Å². The van der Waals surface area contributed by atoms with E-state index in [4.69, 9.17) is 16.3 Å². The molecule has 0 radical (unpaired) electrons. The van der Waals surface area contributed by atoms with Gasteiger partial charge in [0.15, 0.2) is 5.69 Å². The number of para-hydroxylation sites is 1. The standard InChI is InChI=1S/C22H21ClN4O2S/c1-3-4-13-30-22-24-20-19(25-26-22)17-7-5-6-8-18(17)27(14(2)28)21(29-20)15-9-11-16(23)12-10-15/h5-12,21H,3-4,13H2,1-2H3/t21-/m0/s1. The lowest BCUT2D eigenvalue weighted by atomic mass is 10.1. The molecule has 0 spiro atoms. The number of anilines is 1. The molecule has 8 heteroatoms. The normalized spacial score (nSPS) is 15.0. The van der Waals surface area contributed by atoms with E-state index in [1.807, 2.05) is 36.4 Å². The zero-order valence-electron chi connectivity index (χ0n) is 16.7. The molecule has 2 aromatic carbocycles. The molecule has 1 aromatic heterocycles. The number of halogens is 1. The number of rotatable bonds is 5. The first kappa shape index (κ1) is 20.6. The summed E-state index contributed by atoms with van der Waals surface area (Å²) in [6, 6.07) is 14.8. The van der Waals surface area contributed by atoms with Gasteiger partial charge in [0.25, 0.3) is 0 Å². The maximum absolute atomic E-state index is 12.7. The maximum Gasteiger partial charge on any atom is 0.247 e. The molecular weight excluding hydrogens is 420 g/mol. The van der Waals surface area contributed by atoms with Crippen LogP contribution in [0.1, 0.15) is 38.5 Å². The van der Waals surface area contributed by atoms with Gasteiger partial charge in [-0.15, -0.1) is 10.2 Å². The topological polar surface area (TPSA) is 68.2 Å². The lowest BCUT2D eigenvalue weighted by Crippen LogP contribution is -2.36. The van der Waals surface area contributed by atoms with Crippen LogP contribution in [0.25, 0.3) is 11.3 Å². The van der Waals surface area contributed by atoms with Gasteiger partial charge in [0, 0.05) is 28.8 Å². The van der Waals surface area contributed by atoms with Crippen LogP contribution >= 0.6 is 23.4 Å². The highest BCUT2D eigenvalue weighted by Gasteiger charge is 2.34. The first-order valence-corrected chi connectivity index (χ1v) is 11.1. The van der Waals surface area contributed by atoms with Crippen LogP contribution in [-0.4, -0.2) is 26.8 Å². The molecule has 0 N–H and O–H groups in total. The molecule has 1 atom stereocenters. The highest BCUT2D eigenvalue weighted by atomic mass is 35.5. The van der Waals surface area contributed by atoms with Crippen molar-refractivity contribution in [3.8, 4) is 17.1 Å². The van der Waals surface area contributed by atoms with Gasteiger partial charge in [-0.05, 0) is 24.6 Å². The van der Waals surface area contributed by atoms with Gasteiger partial charge in [0.2, 0.25) is 23.2 Å². The van der Waals surface area contributed by atoms with E-state index in [9.17, 15) is 4.79 Å². The molecule has 4 rings (SSSR count). The number of ether oxygens (including phenoxy) is 1. The molecule has 1 amide bonds. The summed E-state index contributed by atoms with van der Waals surface area (Å²) in [5.74, 6) is 1.12. The van der Waals surface area contributed by atoms with Crippen molar-refractivity contribution in [2.75, 3.05) is 10.7 Å². The minimum absolute atomic E-state index is 0.152. The van der Waals surface area contributed by atoms with E-state index in [0.29, 0.717) is 27.4 Å². The molecule has 0 aliphatic carbocycles. The van der Waals surface area contributed by atoms with Gasteiger partial charge in [0.05, 0.1) is 5.69 Å². The lowest BCUT2D eigenvalue weighted by molar-refractivity contribution is -0.118. The summed E-state index contributed by atoms with van der Waals surface area (Å²) in [7, 11) is 0.